The molecule has 0 radical (unpaired) electrons. The lowest BCUT2D eigenvalue weighted by molar-refractivity contribution is -0.121. The summed E-state index contributed by atoms with van der Waals surface area (Å²) in [6.45, 7) is 2.65. The number of hydrogen-bond acceptors (Lipinski definition) is 3. The molecule has 1 amide bonds. The fourth-order valence-corrected chi connectivity index (χ4v) is 2.03. The van der Waals surface area contributed by atoms with Crippen LogP contribution in [0.5, 0.6) is 0 Å². The highest BCUT2D eigenvalue weighted by molar-refractivity contribution is 6.30. The van der Waals surface area contributed by atoms with Crippen LogP contribution in [0.3, 0.4) is 0 Å². The van der Waals surface area contributed by atoms with Crippen molar-refractivity contribution in [2.24, 2.45) is 0 Å². The lowest BCUT2D eigenvalue weighted by atomic mass is 10.1. The van der Waals surface area contributed by atoms with Gasteiger partial charge in [0.1, 0.15) is 0 Å². The highest BCUT2D eigenvalue weighted by Crippen LogP contribution is 2.15. The minimum atomic E-state index is -0.738. The van der Waals surface area contributed by atoms with Crippen LogP contribution in [0.15, 0.2) is 36.7 Å². The van der Waals surface area contributed by atoms with Crippen molar-refractivity contribution in [1.29, 1.82) is 0 Å². The summed E-state index contributed by atoms with van der Waals surface area (Å²) in [7, 11) is 0. The molecule has 2 aromatic rings. The fourth-order valence-electron chi connectivity index (χ4n) is 1.91. The van der Waals surface area contributed by atoms with E-state index < -0.39 is 6.10 Å². The van der Waals surface area contributed by atoms with E-state index in [4.69, 9.17) is 11.6 Å². The zero-order valence-corrected chi connectivity index (χ0v) is 12.5. The van der Waals surface area contributed by atoms with Gasteiger partial charge in [0.05, 0.1) is 12.3 Å². The third-order valence-corrected chi connectivity index (χ3v) is 3.33. The van der Waals surface area contributed by atoms with E-state index in [0.29, 0.717) is 18.0 Å². The van der Waals surface area contributed by atoms with Crippen LogP contribution in [0.4, 0.5) is 0 Å². The number of halogens is 1. The van der Waals surface area contributed by atoms with E-state index in [1.807, 2.05) is 13.1 Å². The van der Waals surface area contributed by atoms with Crippen LogP contribution < -0.4 is 5.32 Å². The molecule has 6 heteroatoms. The van der Waals surface area contributed by atoms with E-state index in [0.717, 1.165) is 11.1 Å². The molecule has 0 aliphatic carbocycles. The van der Waals surface area contributed by atoms with Gasteiger partial charge < -0.3 is 10.4 Å². The smallest absolute Gasteiger partial charge is 0.221 e. The molecule has 0 bridgehead atoms. The number of amides is 1. The van der Waals surface area contributed by atoms with Gasteiger partial charge in [-0.05, 0) is 30.2 Å². The normalized spacial score (nSPS) is 12.1. The number of aromatic nitrogens is 2. The Morgan fingerprint density at radius 3 is 2.76 bits per heavy atom. The van der Waals surface area contributed by atoms with Crippen LogP contribution in [0.25, 0.3) is 0 Å². The van der Waals surface area contributed by atoms with E-state index in [-0.39, 0.29) is 12.5 Å². The predicted octanol–water partition coefficient (Wildman–Crippen LogP) is 2.08. The molecule has 0 aliphatic heterocycles. The van der Waals surface area contributed by atoms with Gasteiger partial charge in [-0.3, -0.25) is 9.48 Å². The second-order valence-electron chi connectivity index (χ2n) is 4.90. The number of nitrogens with one attached hydrogen (secondary N) is 1. The monoisotopic (exact) mass is 307 g/mol. The maximum Gasteiger partial charge on any atom is 0.221 e. The minimum Gasteiger partial charge on any atom is -0.387 e. The molecule has 21 heavy (non-hydrogen) atoms. The molecule has 0 saturated heterocycles. The van der Waals surface area contributed by atoms with Crippen LogP contribution in [0.1, 0.15) is 23.7 Å². The highest BCUT2D eigenvalue weighted by Gasteiger charge is 2.09. The molecule has 1 unspecified atom stereocenters. The van der Waals surface area contributed by atoms with Crippen molar-refractivity contribution in [3.8, 4) is 0 Å². The SMILES string of the molecule is Cc1cnn(CCC(=O)NCC(O)c2ccc(Cl)cc2)c1. The van der Waals surface area contributed by atoms with Crippen molar-refractivity contribution in [3.05, 3.63) is 52.8 Å². The molecule has 5 nitrogen and oxygen atoms in total. The number of aliphatic hydroxyl groups is 1. The number of hydrogen-bond donors (Lipinski definition) is 2. The molecule has 0 spiro atoms. The van der Waals surface area contributed by atoms with Gasteiger partial charge in [0, 0.05) is 30.7 Å². The Morgan fingerprint density at radius 1 is 1.43 bits per heavy atom. The number of benzene rings is 1. The zero-order chi connectivity index (χ0) is 15.2. The lowest BCUT2D eigenvalue weighted by Crippen LogP contribution is -2.29. The Labute approximate surface area is 128 Å². The van der Waals surface area contributed by atoms with Crippen molar-refractivity contribution in [3.63, 3.8) is 0 Å². The molecule has 1 heterocycles. The van der Waals surface area contributed by atoms with Gasteiger partial charge in [-0.15, -0.1) is 0 Å². The van der Waals surface area contributed by atoms with Gasteiger partial charge in [0.15, 0.2) is 0 Å². The predicted molar refractivity (Wildman–Crippen MR) is 81.0 cm³/mol. The first-order valence-electron chi connectivity index (χ1n) is 6.74. The molecular weight excluding hydrogens is 290 g/mol. The lowest BCUT2D eigenvalue weighted by Gasteiger charge is -2.12. The summed E-state index contributed by atoms with van der Waals surface area (Å²) in [6.07, 6.45) is 3.23. The first kappa shape index (κ1) is 15.5. The maximum absolute atomic E-state index is 11.7. The number of carbonyl (C=O) groups is 1. The second kappa shape index (κ2) is 7.24. The van der Waals surface area contributed by atoms with E-state index >= 15 is 0 Å². The fraction of sp³-hybridized carbons (Fsp3) is 0.333. The Hall–Kier alpha value is -1.85. The summed E-state index contributed by atoms with van der Waals surface area (Å²) in [6, 6.07) is 6.90. The summed E-state index contributed by atoms with van der Waals surface area (Å²) < 4.78 is 1.73. The molecule has 0 saturated carbocycles. The Kier molecular flexibility index (Phi) is 5.36. The van der Waals surface area contributed by atoms with Crippen LogP contribution in [-0.4, -0.2) is 27.3 Å². The molecule has 1 aromatic heterocycles. The van der Waals surface area contributed by atoms with Gasteiger partial charge in [-0.2, -0.15) is 5.10 Å². The number of aliphatic hydroxyl groups excluding tert-OH is 1. The summed E-state index contributed by atoms with van der Waals surface area (Å²) in [5, 5.41) is 17.4. The van der Waals surface area contributed by atoms with Gasteiger partial charge >= 0.3 is 0 Å². The number of aryl methyl sites for hydroxylation is 2. The molecule has 112 valence electrons. The molecular formula is C15H18ClN3O2. The molecule has 2 N–H and O–H groups in total. The van der Waals surface area contributed by atoms with Crippen molar-refractivity contribution >= 4 is 17.5 Å². The average Bonchev–Trinajstić information content (AvgIpc) is 2.89. The molecule has 0 fully saturated rings. The van der Waals surface area contributed by atoms with Crippen molar-refractivity contribution in [2.45, 2.75) is 26.0 Å². The van der Waals surface area contributed by atoms with Crippen molar-refractivity contribution < 1.29 is 9.90 Å². The Balaban J connectivity index is 1.74. The van der Waals surface area contributed by atoms with Crippen LogP contribution in [0, 0.1) is 6.92 Å². The van der Waals surface area contributed by atoms with Crippen LogP contribution in [0.2, 0.25) is 5.02 Å². The standard InChI is InChI=1S/C15H18ClN3O2/c1-11-8-18-19(10-11)7-6-15(21)17-9-14(20)12-2-4-13(16)5-3-12/h2-5,8,10,14,20H,6-7,9H2,1H3,(H,17,21). The summed E-state index contributed by atoms with van der Waals surface area (Å²) in [5.41, 5.74) is 1.79. The largest absolute Gasteiger partial charge is 0.387 e. The highest BCUT2D eigenvalue weighted by atomic mass is 35.5. The van der Waals surface area contributed by atoms with Gasteiger partial charge in [0.2, 0.25) is 5.91 Å². The Morgan fingerprint density at radius 2 is 2.14 bits per heavy atom. The minimum absolute atomic E-state index is 0.115. The third-order valence-electron chi connectivity index (χ3n) is 3.08. The van der Waals surface area contributed by atoms with E-state index in [1.54, 1.807) is 35.1 Å². The third kappa shape index (κ3) is 4.88. The second-order valence-corrected chi connectivity index (χ2v) is 5.34. The van der Waals surface area contributed by atoms with E-state index in [9.17, 15) is 9.90 Å². The first-order valence-corrected chi connectivity index (χ1v) is 7.11. The van der Waals surface area contributed by atoms with Crippen molar-refractivity contribution in [1.82, 2.24) is 15.1 Å². The number of rotatable bonds is 6. The maximum atomic E-state index is 11.7. The first-order chi connectivity index (χ1) is 10.0. The summed E-state index contributed by atoms with van der Waals surface area (Å²) in [4.78, 5) is 11.7. The van der Waals surface area contributed by atoms with Gasteiger partial charge in [-0.1, -0.05) is 23.7 Å². The van der Waals surface area contributed by atoms with Crippen LogP contribution in [-0.2, 0) is 11.3 Å². The summed E-state index contributed by atoms with van der Waals surface area (Å²) in [5.74, 6) is -0.115. The van der Waals surface area contributed by atoms with E-state index in [1.165, 1.54) is 0 Å². The molecule has 1 atom stereocenters. The van der Waals surface area contributed by atoms with Gasteiger partial charge in [0.25, 0.3) is 0 Å². The molecule has 0 aliphatic rings. The zero-order valence-electron chi connectivity index (χ0n) is 11.8. The number of nitrogens with zero attached hydrogens (tertiary/aromatic N) is 2. The average molecular weight is 308 g/mol. The Bertz CT molecular complexity index is 595. The molecule has 1 aromatic carbocycles. The summed E-state index contributed by atoms with van der Waals surface area (Å²) >= 11 is 5.79. The van der Waals surface area contributed by atoms with E-state index in [2.05, 4.69) is 10.4 Å². The molecule has 2 rings (SSSR count). The quantitative estimate of drug-likeness (QED) is 0.858. The van der Waals surface area contributed by atoms with Crippen molar-refractivity contribution in [2.75, 3.05) is 6.54 Å². The topological polar surface area (TPSA) is 67.2 Å². The van der Waals surface area contributed by atoms with Crippen LogP contribution >= 0.6 is 11.6 Å². The van der Waals surface area contributed by atoms with Gasteiger partial charge in [-0.25, -0.2) is 0 Å². The number of carbonyl (C=O) groups excluding carboxylic acids is 1.